The maximum atomic E-state index is 12.1. The fraction of sp³-hybridized carbons (Fsp3) is 0.400. The largest absolute Gasteiger partial charge is 0.300 e. The van der Waals surface area contributed by atoms with Crippen LogP contribution in [-0.2, 0) is 10.5 Å². The van der Waals surface area contributed by atoms with Gasteiger partial charge in [-0.3, -0.25) is 14.0 Å². The molecule has 132 valence electrons. The standard InChI is InChI=1S/C15H17N5O2S3/c1-3-9(4-2)12(22)17-13-18-19-15(25-13)24-8-10-7-11(21)20-5-6-23-14(20)16-10/h5-7,9H,3-4,8H2,1-2H3,(H,17,18,22). The van der Waals surface area contributed by atoms with Gasteiger partial charge in [0.1, 0.15) is 0 Å². The molecule has 0 spiro atoms. The molecule has 0 aliphatic carbocycles. The van der Waals surface area contributed by atoms with E-state index in [1.54, 1.807) is 6.20 Å². The third-order valence-electron chi connectivity index (χ3n) is 3.69. The summed E-state index contributed by atoms with van der Waals surface area (Å²) in [6.45, 7) is 3.99. The zero-order valence-corrected chi connectivity index (χ0v) is 16.2. The molecule has 3 aromatic rings. The van der Waals surface area contributed by atoms with E-state index in [1.165, 1.54) is 44.9 Å². The molecule has 1 N–H and O–H groups in total. The van der Waals surface area contributed by atoms with Crippen LogP contribution in [0.3, 0.4) is 0 Å². The summed E-state index contributed by atoms with van der Waals surface area (Å²) in [5.74, 6) is 0.504. The van der Waals surface area contributed by atoms with E-state index >= 15 is 0 Å². The van der Waals surface area contributed by atoms with Crippen molar-refractivity contribution < 1.29 is 4.79 Å². The van der Waals surface area contributed by atoms with Gasteiger partial charge in [-0.2, -0.15) is 0 Å². The predicted octanol–water partition coefficient (Wildman–Crippen LogP) is 3.27. The first-order valence-electron chi connectivity index (χ1n) is 7.83. The van der Waals surface area contributed by atoms with Gasteiger partial charge in [0.05, 0.1) is 5.69 Å². The molecular weight excluding hydrogens is 378 g/mol. The summed E-state index contributed by atoms with van der Waals surface area (Å²) >= 11 is 4.20. The number of fused-ring (bicyclic) bond motifs is 1. The van der Waals surface area contributed by atoms with Gasteiger partial charge in [0.2, 0.25) is 11.0 Å². The van der Waals surface area contributed by atoms with Crippen LogP contribution in [0.5, 0.6) is 0 Å². The Balaban J connectivity index is 1.63. The van der Waals surface area contributed by atoms with Gasteiger partial charge in [-0.1, -0.05) is 36.9 Å². The minimum Gasteiger partial charge on any atom is -0.300 e. The second kappa shape index (κ2) is 8.07. The van der Waals surface area contributed by atoms with Gasteiger partial charge in [-0.05, 0) is 12.8 Å². The van der Waals surface area contributed by atoms with Crippen molar-refractivity contribution in [3.05, 3.63) is 33.7 Å². The van der Waals surface area contributed by atoms with Crippen molar-refractivity contribution in [1.82, 2.24) is 19.6 Å². The number of nitrogens with zero attached hydrogens (tertiary/aromatic N) is 4. The molecule has 0 radical (unpaired) electrons. The number of aromatic nitrogens is 4. The summed E-state index contributed by atoms with van der Waals surface area (Å²) in [4.78, 5) is 29.2. The number of thiazole rings is 1. The molecule has 3 aromatic heterocycles. The van der Waals surface area contributed by atoms with Gasteiger partial charge in [0.25, 0.3) is 5.56 Å². The summed E-state index contributed by atoms with van der Waals surface area (Å²) < 4.78 is 2.25. The van der Waals surface area contributed by atoms with Crippen molar-refractivity contribution in [2.45, 2.75) is 36.8 Å². The summed E-state index contributed by atoms with van der Waals surface area (Å²) in [5.41, 5.74) is 0.618. The zero-order chi connectivity index (χ0) is 17.8. The van der Waals surface area contributed by atoms with Crippen LogP contribution in [0.4, 0.5) is 5.13 Å². The molecule has 0 aromatic carbocycles. The molecule has 0 unspecified atom stereocenters. The molecule has 0 saturated carbocycles. The normalized spacial score (nSPS) is 11.3. The minimum absolute atomic E-state index is 0.00491. The lowest BCUT2D eigenvalue weighted by molar-refractivity contribution is -0.120. The molecule has 10 heteroatoms. The van der Waals surface area contributed by atoms with Crippen LogP contribution in [0.25, 0.3) is 4.96 Å². The number of anilines is 1. The lowest BCUT2D eigenvalue weighted by Gasteiger charge is -2.09. The second-order valence-electron chi connectivity index (χ2n) is 5.31. The summed E-state index contributed by atoms with van der Waals surface area (Å²) in [5, 5.41) is 13.2. The number of nitrogens with one attached hydrogen (secondary N) is 1. The number of carbonyl (C=O) groups excluding carboxylic acids is 1. The van der Waals surface area contributed by atoms with Crippen molar-refractivity contribution in [3.8, 4) is 0 Å². The van der Waals surface area contributed by atoms with Crippen molar-refractivity contribution in [3.63, 3.8) is 0 Å². The van der Waals surface area contributed by atoms with Gasteiger partial charge < -0.3 is 5.32 Å². The molecule has 0 fully saturated rings. The highest BCUT2D eigenvalue weighted by atomic mass is 32.2. The van der Waals surface area contributed by atoms with Crippen LogP contribution in [0, 0.1) is 5.92 Å². The molecule has 3 heterocycles. The van der Waals surface area contributed by atoms with E-state index in [1.807, 2.05) is 19.2 Å². The average molecular weight is 396 g/mol. The quantitative estimate of drug-likeness (QED) is 0.488. The Bertz CT molecular complexity index is 929. The van der Waals surface area contributed by atoms with Gasteiger partial charge in [0, 0.05) is 29.3 Å². The first-order chi connectivity index (χ1) is 12.1. The summed E-state index contributed by atoms with van der Waals surface area (Å²) in [6.07, 6.45) is 3.32. The molecule has 25 heavy (non-hydrogen) atoms. The lowest BCUT2D eigenvalue weighted by atomic mass is 10.0. The molecule has 0 saturated heterocycles. The SMILES string of the molecule is CCC(CC)C(=O)Nc1nnc(SCc2cc(=O)n3ccsc3n2)s1. The van der Waals surface area contributed by atoms with Crippen LogP contribution in [0.2, 0.25) is 0 Å². The third-order valence-corrected chi connectivity index (χ3v) is 6.45. The number of amides is 1. The maximum absolute atomic E-state index is 12.1. The van der Waals surface area contributed by atoms with Crippen LogP contribution >= 0.6 is 34.4 Å². The highest BCUT2D eigenvalue weighted by Crippen LogP contribution is 2.28. The Morgan fingerprint density at radius 3 is 2.92 bits per heavy atom. The fourth-order valence-electron chi connectivity index (χ4n) is 2.28. The minimum atomic E-state index is -0.0859. The highest BCUT2D eigenvalue weighted by molar-refractivity contribution is 8.00. The fourth-order valence-corrected chi connectivity index (χ4v) is 4.67. The van der Waals surface area contributed by atoms with E-state index in [0.717, 1.165) is 17.2 Å². The van der Waals surface area contributed by atoms with Crippen molar-refractivity contribution in [1.29, 1.82) is 0 Å². The molecule has 1 amide bonds. The van der Waals surface area contributed by atoms with Crippen LogP contribution < -0.4 is 10.9 Å². The molecule has 3 rings (SSSR count). The molecule has 0 atom stereocenters. The highest BCUT2D eigenvalue weighted by Gasteiger charge is 2.16. The van der Waals surface area contributed by atoms with Crippen LogP contribution in [0.15, 0.2) is 26.8 Å². The van der Waals surface area contributed by atoms with Crippen LogP contribution in [0.1, 0.15) is 32.4 Å². The Kier molecular flexibility index (Phi) is 5.82. The van der Waals surface area contributed by atoms with E-state index in [-0.39, 0.29) is 17.4 Å². The monoisotopic (exact) mass is 395 g/mol. The Morgan fingerprint density at radius 2 is 2.16 bits per heavy atom. The second-order valence-corrected chi connectivity index (χ2v) is 8.38. The zero-order valence-electron chi connectivity index (χ0n) is 13.8. The molecule has 0 aliphatic heterocycles. The van der Waals surface area contributed by atoms with Gasteiger partial charge in [0.15, 0.2) is 9.30 Å². The average Bonchev–Trinajstić information content (AvgIpc) is 3.23. The van der Waals surface area contributed by atoms with Gasteiger partial charge >= 0.3 is 0 Å². The van der Waals surface area contributed by atoms with Crippen molar-refractivity contribution in [2.75, 3.05) is 5.32 Å². The Morgan fingerprint density at radius 1 is 1.36 bits per heavy atom. The smallest absolute Gasteiger partial charge is 0.258 e. The first kappa shape index (κ1) is 18.0. The summed E-state index contributed by atoms with van der Waals surface area (Å²) in [6, 6.07) is 1.53. The number of thioether (sulfide) groups is 1. The van der Waals surface area contributed by atoms with E-state index in [9.17, 15) is 9.59 Å². The molecule has 0 aliphatic rings. The number of hydrogen-bond donors (Lipinski definition) is 1. The molecule has 7 nitrogen and oxygen atoms in total. The molecule has 0 bridgehead atoms. The summed E-state index contributed by atoms with van der Waals surface area (Å²) in [7, 11) is 0. The first-order valence-corrected chi connectivity index (χ1v) is 10.5. The Labute approximate surface area is 156 Å². The van der Waals surface area contributed by atoms with Crippen molar-refractivity contribution >= 4 is 50.4 Å². The number of rotatable bonds is 7. The maximum Gasteiger partial charge on any atom is 0.258 e. The van der Waals surface area contributed by atoms with Gasteiger partial charge in [-0.25, -0.2) is 4.98 Å². The van der Waals surface area contributed by atoms with E-state index in [4.69, 9.17) is 0 Å². The van der Waals surface area contributed by atoms with E-state index in [2.05, 4.69) is 20.5 Å². The third kappa shape index (κ3) is 4.25. The predicted molar refractivity (Wildman–Crippen MR) is 102 cm³/mol. The number of hydrogen-bond acceptors (Lipinski definition) is 8. The van der Waals surface area contributed by atoms with E-state index in [0.29, 0.717) is 21.5 Å². The number of carbonyl (C=O) groups is 1. The van der Waals surface area contributed by atoms with E-state index < -0.39 is 0 Å². The molecular formula is C15H17N5O2S3. The Hall–Kier alpha value is -1.78. The van der Waals surface area contributed by atoms with Crippen molar-refractivity contribution in [2.24, 2.45) is 5.92 Å². The van der Waals surface area contributed by atoms with Crippen LogP contribution in [-0.4, -0.2) is 25.5 Å². The topological polar surface area (TPSA) is 89.2 Å². The lowest BCUT2D eigenvalue weighted by Crippen LogP contribution is -2.21. The van der Waals surface area contributed by atoms with Gasteiger partial charge in [-0.15, -0.1) is 21.5 Å².